The third-order valence-corrected chi connectivity index (χ3v) is 4.73. The summed E-state index contributed by atoms with van der Waals surface area (Å²) >= 11 is 5.75. The highest BCUT2D eigenvalue weighted by atomic mass is 35.5. The van der Waals surface area contributed by atoms with Gasteiger partial charge in [0.2, 0.25) is 0 Å². The highest BCUT2D eigenvalue weighted by Crippen LogP contribution is 2.21. The fourth-order valence-electron chi connectivity index (χ4n) is 1.75. The van der Waals surface area contributed by atoms with E-state index in [-0.39, 0.29) is 5.56 Å². The van der Waals surface area contributed by atoms with Crippen LogP contribution in [-0.2, 0) is 16.8 Å². The second kappa shape index (κ2) is 5.85. The van der Waals surface area contributed by atoms with Gasteiger partial charge in [-0.1, -0.05) is 16.7 Å². The number of amides is 1. The van der Waals surface area contributed by atoms with Crippen molar-refractivity contribution in [2.24, 2.45) is 11.4 Å². The molecule has 8 nitrogen and oxygen atoms in total. The van der Waals surface area contributed by atoms with Gasteiger partial charge < -0.3 is 10.1 Å². The molecule has 2 rings (SSSR count). The number of nitro groups is 1. The number of aromatic nitrogens is 2. The zero-order chi connectivity index (χ0) is 16.5. The number of carbonyl (C=O) groups excluding carboxylic acids is 1. The maximum absolute atomic E-state index is 12.5. The molecule has 0 fully saturated rings. The Hall–Kier alpha value is -2.26. The number of rotatable bonds is 3. The van der Waals surface area contributed by atoms with Gasteiger partial charge in [-0.25, -0.2) is 4.21 Å². The maximum atomic E-state index is 12.5. The lowest BCUT2D eigenvalue weighted by atomic mass is 10.3. The van der Waals surface area contributed by atoms with Crippen molar-refractivity contribution in [2.75, 3.05) is 6.26 Å². The van der Waals surface area contributed by atoms with Crippen LogP contribution in [0.5, 0.6) is 0 Å². The van der Waals surface area contributed by atoms with Gasteiger partial charge in [-0.3, -0.25) is 4.79 Å². The van der Waals surface area contributed by atoms with Crippen molar-refractivity contribution in [1.29, 1.82) is 0 Å². The number of hydrogen-bond donors (Lipinski definition) is 0. The summed E-state index contributed by atoms with van der Waals surface area (Å²) in [7, 11) is -1.72. The number of halogens is 1. The molecular weight excluding hydrogens is 332 g/mol. The molecule has 0 aliphatic rings. The van der Waals surface area contributed by atoms with Crippen LogP contribution in [0, 0.1) is 10.1 Å². The summed E-state index contributed by atoms with van der Waals surface area (Å²) in [6.45, 7) is 0. The second-order valence-corrected chi connectivity index (χ2v) is 7.11. The normalized spacial score (nSPS) is 13.4. The van der Waals surface area contributed by atoms with Gasteiger partial charge >= 0.3 is 5.82 Å². The van der Waals surface area contributed by atoms with E-state index < -0.39 is 26.4 Å². The molecule has 0 spiro atoms. The number of benzene rings is 1. The highest BCUT2D eigenvalue weighted by Gasteiger charge is 2.26. The summed E-state index contributed by atoms with van der Waals surface area (Å²) in [6, 6.07) is 6.01. The Morgan fingerprint density at radius 2 is 2.00 bits per heavy atom. The summed E-state index contributed by atoms with van der Waals surface area (Å²) < 4.78 is 17.1. The molecule has 0 aliphatic heterocycles. The van der Waals surface area contributed by atoms with Crippen molar-refractivity contribution in [2.45, 2.75) is 4.90 Å². The summed E-state index contributed by atoms with van der Waals surface area (Å²) in [5.41, 5.74) is -0.309. The highest BCUT2D eigenvalue weighted by molar-refractivity contribution is 7.93. The lowest BCUT2D eigenvalue weighted by Gasteiger charge is -2.03. The first-order chi connectivity index (χ1) is 10.2. The predicted molar refractivity (Wildman–Crippen MR) is 80.4 cm³/mol. The van der Waals surface area contributed by atoms with Gasteiger partial charge in [0, 0.05) is 16.2 Å². The van der Waals surface area contributed by atoms with Crippen LogP contribution in [0.2, 0.25) is 5.02 Å². The van der Waals surface area contributed by atoms with Gasteiger partial charge in [0.1, 0.15) is 7.05 Å². The zero-order valence-corrected chi connectivity index (χ0v) is 13.2. The summed E-state index contributed by atoms with van der Waals surface area (Å²) in [6.07, 6.45) is 2.30. The Morgan fingerprint density at radius 1 is 1.41 bits per heavy atom. The fourth-order valence-corrected chi connectivity index (χ4v) is 3.03. The maximum Gasteiger partial charge on any atom is 0.357 e. The SMILES string of the molecule is Cn1ncc(C(=O)N=[S@@](C)(=O)c2ccc(Cl)cc2)c1[N+](=O)[O-]. The molecule has 2 aromatic rings. The van der Waals surface area contributed by atoms with Crippen LogP contribution in [0.1, 0.15) is 10.4 Å². The van der Waals surface area contributed by atoms with E-state index in [2.05, 4.69) is 9.46 Å². The molecule has 0 saturated heterocycles. The molecule has 1 atom stereocenters. The number of nitrogens with zero attached hydrogens (tertiary/aromatic N) is 4. The lowest BCUT2D eigenvalue weighted by molar-refractivity contribution is -0.392. The molecular formula is C12H11ClN4O4S. The van der Waals surface area contributed by atoms with E-state index in [0.29, 0.717) is 9.92 Å². The molecule has 0 saturated carbocycles. The molecule has 10 heteroatoms. The van der Waals surface area contributed by atoms with E-state index in [0.717, 1.165) is 10.9 Å². The van der Waals surface area contributed by atoms with Crippen molar-refractivity contribution < 1.29 is 13.9 Å². The second-order valence-electron chi connectivity index (χ2n) is 4.42. The van der Waals surface area contributed by atoms with Crippen molar-refractivity contribution >= 4 is 33.1 Å². The Kier molecular flexibility index (Phi) is 4.29. The van der Waals surface area contributed by atoms with Crippen LogP contribution < -0.4 is 0 Å². The number of carbonyl (C=O) groups is 1. The van der Waals surface area contributed by atoms with E-state index >= 15 is 0 Å². The van der Waals surface area contributed by atoms with Gasteiger partial charge in [0.25, 0.3) is 5.91 Å². The minimum Gasteiger partial charge on any atom is -0.358 e. The monoisotopic (exact) mass is 342 g/mol. The van der Waals surface area contributed by atoms with E-state index in [1.54, 1.807) is 0 Å². The van der Waals surface area contributed by atoms with E-state index in [9.17, 15) is 19.1 Å². The van der Waals surface area contributed by atoms with Gasteiger partial charge in [-0.15, -0.1) is 4.68 Å². The fraction of sp³-hybridized carbons (Fsp3) is 0.167. The molecule has 0 bridgehead atoms. The zero-order valence-electron chi connectivity index (χ0n) is 11.6. The van der Waals surface area contributed by atoms with Crippen molar-refractivity contribution in [3.8, 4) is 0 Å². The lowest BCUT2D eigenvalue weighted by Crippen LogP contribution is -2.07. The first-order valence-corrected chi connectivity index (χ1v) is 8.21. The van der Waals surface area contributed by atoms with Crippen LogP contribution in [-0.4, -0.2) is 31.1 Å². The standard InChI is InChI=1S/C12H11ClN4O4S/c1-16-12(17(19)20)10(7-14-16)11(18)15-22(2,21)9-5-3-8(13)4-6-9/h3-7H,1-2H3/t22-/m0/s1. The minimum atomic E-state index is -3.05. The largest absolute Gasteiger partial charge is 0.358 e. The van der Waals surface area contributed by atoms with Gasteiger partial charge in [-0.2, -0.15) is 4.36 Å². The molecule has 22 heavy (non-hydrogen) atoms. The van der Waals surface area contributed by atoms with Crippen molar-refractivity contribution in [3.05, 3.63) is 51.2 Å². The third kappa shape index (κ3) is 3.15. The molecule has 116 valence electrons. The molecule has 1 aromatic carbocycles. The van der Waals surface area contributed by atoms with Crippen LogP contribution in [0.15, 0.2) is 39.7 Å². The van der Waals surface area contributed by atoms with Crippen molar-refractivity contribution in [1.82, 2.24) is 9.78 Å². The molecule has 1 amide bonds. The average molecular weight is 343 g/mol. The molecule has 0 N–H and O–H groups in total. The molecule has 0 aliphatic carbocycles. The van der Waals surface area contributed by atoms with Gasteiger partial charge in [0.05, 0.1) is 15.9 Å². The molecule has 1 aromatic heterocycles. The average Bonchev–Trinajstić information content (AvgIpc) is 2.81. The smallest absolute Gasteiger partial charge is 0.357 e. The Labute approximate surface area is 131 Å². The Morgan fingerprint density at radius 3 is 2.55 bits per heavy atom. The van der Waals surface area contributed by atoms with Crippen molar-refractivity contribution in [3.63, 3.8) is 0 Å². The van der Waals surface area contributed by atoms with E-state index in [1.165, 1.54) is 37.6 Å². The topological polar surface area (TPSA) is 107 Å². The first-order valence-electron chi connectivity index (χ1n) is 5.91. The van der Waals surface area contributed by atoms with Crippen LogP contribution in [0.3, 0.4) is 0 Å². The molecule has 0 radical (unpaired) electrons. The summed E-state index contributed by atoms with van der Waals surface area (Å²) in [5, 5.41) is 15.1. The number of aryl methyl sites for hydroxylation is 1. The number of hydrogen-bond acceptors (Lipinski definition) is 5. The summed E-state index contributed by atoms with van der Waals surface area (Å²) in [4.78, 5) is 22.6. The Bertz CT molecular complexity index is 866. The summed E-state index contributed by atoms with van der Waals surface area (Å²) in [5.74, 6) is -1.46. The first kappa shape index (κ1) is 16.1. The van der Waals surface area contributed by atoms with E-state index in [1.807, 2.05) is 0 Å². The third-order valence-electron chi connectivity index (χ3n) is 2.82. The van der Waals surface area contributed by atoms with E-state index in [4.69, 9.17) is 11.6 Å². The molecule has 1 heterocycles. The minimum absolute atomic E-state index is 0.303. The van der Waals surface area contributed by atoms with Crippen LogP contribution in [0.25, 0.3) is 0 Å². The predicted octanol–water partition coefficient (Wildman–Crippen LogP) is 2.28. The van der Waals surface area contributed by atoms with Crippen LogP contribution >= 0.6 is 11.6 Å². The quantitative estimate of drug-likeness (QED) is 0.628. The Balaban J connectivity index is 2.48. The van der Waals surface area contributed by atoms with Gasteiger partial charge in [0.15, 0.2) is 5.56 Å². The van der Waals surface area contributed by atoms with Gasteiger partial charge in [-0.05, 0) is 29.2 Å². The van der Waals surface area contributed by atoms with Crippen LogP contribution in [0.4, 0.5) is 5.82 Å². The molecule has 0 unspecified atom stereocenters.